The lowest BCUT2D eigenvalue weighted by Gasteiger charge is -2.17. The molecule has 2 aromatic rings. The molecule has 1 atom stereocenters. The van der Waals surface area contributed by atoms with E-state index in [2.05, 4.69) is 0 Å². The standard InChI is InChI=1S/C13H12N2O4/c16-13(17)9-12(14-7-1-2-8-14)10-3-5-11(6-4-10)15(18)19/h1-8,12H,9H2,(H,16,17)/t12-/m0/s1. The summed E-state index contributed by atoms with van der Waals surface area (Å²) in [5, 5.41) is 19.6. The fourth-order valence-electron chi connectivity index (χ4n) is 1.93. The number of carboxylic acids is 1. The van der Waals surface area contributed by atoms with E-state index in [1.165, 1.54) is 12.1 Å². The SMILES string of the molecule is O=C(O)C[C@@H](c1ccc([N+](=O)[O-])cc1)n1cccc1. The van der Waals surface area contributed by atoms with Crippen LogP contribution in [0.4, 0.5) is 5.69 Å². The number of rotatable bonds is 5. The van der Waals surface area contributed by atoms with E-state index in [0.717, 1.165) is 5.56 Å². The molecule has 1 N–H and O–H groups in total. The maximum absolute atomic E-state index is 10.9. The normalized spacial score (nSPS) is 12.0. The van der Waals surface area contributed by atoms with Gasteiger partial charge in [0, 0.05) is 24.5 Å². The highest BCUT2D eigenvalue weighted by Gasteiger charge is 2.17. The van der Waals surface area contributed by atoms with Gasteiger partial charge in [-0.3, -0.25) is 14.9 Å². The van der Waals surface area contributed by atoms with Crippen LogP contribution in [0.1, 0.15) is 18.0 Å². The van der Waals surface area contributed by atoms with Crippen molar-refractivity contribution in [2.75, 3.05) is 0 Å². The van der Waals surface area contributed by atoms with Crippen LogP contribution < -0.4 is 0 Å². The van der Waals surface area contributed by atoms with Crippen LogP contribution in [-0.4, -0.2) is 20.6 Å². The highest BCUT2D eigenvalue weighted by molar-refractivity contribution is 5.68. The Balaban J connectivity index is 2.33. The lowest BCUT2D eigenvalue weighted by Crippen LogP contribution is -2.13. The lowest BCUT2D eigenvalue weighted by atomic mass is 10.0. The van der Waals surface area contributed by atoms with E-state index < -0.39 is 10.9 Å². The van der Waals surface area contributed by atoms with Crippen molar-refractivity contribution in [3.8, 4) is 0 Å². The van der Waals surface area contributed by atoms with Gasteiger partial charge in [-0.15, -0.1) is 0 Å². The lowest BCUT2D eigenvalue weighted by molar-refractivity contribution is -0.384. The largest absolute Gasteiger partial charge is 0.481 e. The molecule has 1 heterocycles. The number of carbonyl (C=O) groups is 1. The van der Waals surface area contributed by atoms with Gasteiger partial charge < -0.3 is 9.67 Å². The highest BCUT2D eigenvalue weighted by atomic mass is 16.6. The minimum absolute atomic E-state index is 0.00895. The first-order valence-corrected chi connectivity index (χ1v) is 5.66. The van der Waals surface area contributed by atoms with Gasteiger partial charge in [0.25, 0.3) is 5.69 Å². The maximum Gasteiger partial charge on any atom is 0.305 e. The number of nitrogens with zero attached hydrogens (tertiary/aromatic N) is 2. The van der Waals surface area contributed by atoms with Gasteiger partial charge in [0.15, 0.2) is 0 Å². The number of aromatic nitrogens is 1. The number of non-ortho nitro benzene ring substituents is 1. The third kappa shape index (κ3) is 2.98. The Kier molecular flexibility index (Phi) is 3.61. The highest BCUT2D eigenvalue weighted by Crippen LogP contribution is 2.24. The van der Waals surface area contributed by atoms with Crippen LogP contribution in [0.15, 0.2) is 48.8 Å². The van der Waals surface area contributed by atoms with Crippen molar-refractivity contribution in [2.45, 2.75) is 12.5 Å². The van der Waals surface area contributed by atoms with E-state index in [1.54, 1.807) is 41.2 Å². The number of carboxylic acid groups (broad SMARTS) is 1. The third-order valence-corrected chi connectivity index (χ3v) is 2.84. The summed E-state index contributed by atoms with van der Waals surface area (Å²) in [4.78, 5) is 21.0. The third-order valence-electron chi connectivity index (χ3n) is 2.84. The molecular weight excluding hydrogens is 248 g/mol. The van der Waals surface area contributed by atoms with Gasteiger partial charge in [-0.25, -0.2) is 0 Å². The first-order valence-electron chi connectivity index (χ1n) is 5.66. The molecule has 0 spiro atoms. The zero-order valence-electron chi connectivity index (χ0n) is 9.97. The quantitative estimate of drug-likeness (QED) is 0.661. The monoisotopic (exact) mass is 260 g/mol. The average molecular weight is 260 g/mol. The fraction of sp³-hybridized carbons (Fsp3) is 0.154. The van der Waals surface area contributed by atoms with E-state index in [4.69, 9.17) is 5.11 Å². The second-order valence-corrected chi connectivity index (χ2v) is 4.09. The molecule has 0 bridgehead atoms. The first kappa shape index (κ1) is 12.8. The van der Waals surface area contributed by atoms with E-state index in [-0.39, 0.29) is 18.2 Å². The molecule has 0 saturated carbocycles. The van der Waals surface area contributed by atoms with Gasteiger partial charge in [0.05, 0.1) is 17.4 Å². The van der Waals surface area contributed by atoms with Crippen LogP contribution >= 0.6 is 0 Å². The minimum atomic E-state index is -0.919. The molecule has 0 aliphatic carbocycles. The Bertz CT molecular complexity index is 575. The Morgan fingerprint density at radius 2 is 1.84 bits per heavy atom. The van der Waals surface area contributed by atoms with E-state index >= 15 is 0 Å². The van der Waals surface area contributed by atoms with Crippen LogP contribution in [0, 0.1) is 10.1 Å². The summed E-state index contributed by atoms with van der Waals surface area (Å²) in [6, 6.07) is 9.19. The Labute approximate surface area is 109 Å². The fourth-order valence-corrected chi connectivity index (χ4v) is 1.93. The molecule has 19 heavy (non-hydrogen) atoms. The van der Waals surface area contributed by atoms with Gasteiger partial charge >= 0.3 is 5.97 Å². The molecule has 2 rings (SSSR count). The van der Waals surface area contributed by atoms with Gasteiger partial charge in [-0.1, -0.05) is 12.1 Å². The van der Waals surface area contributed by atoms with E-state index in [1.807, 2.05) is 0 Å². The summed E-state index contributed by atoms with van der Waals surface area (Å²) in [5.41, 5.74) is 0.717. The Morgan fingerprint density at radius 1 is 1.26 bits per heavy atom. The minimum Gasteiger partial charge on any atom is -0.481 e. The van der Waals surface area contributed by atoms with Crippen molar-refractivity contribution in [2.24, 2.45) is 0 Å². The summed E-state index contributed by atoms with van der Waals surface area (Å²) in [5.74, 6) is -0.919. The Morgan fingerprint density at radius 3 is 2.32 bits per heavy atom. The van der Waals surface area contributed by atoms with Crippen LogP contribution in [-0.2, 0) is 4.79 Å². The summed E-state index contributed by atoms with van der Waals surface area (Å²) >= 11 is 0. The zero-order chi connectivity index (χ0) is 13.8. The number of benzene rings is 1. The van der Waals surface area contributed by atoms with Crippen LogP contribution in [0.25, 0.3) is 0 Å². The predicted octanol–water partition coefficient (Wildman–Crippen LogP) is 2.46. The topological polar surface area (TPSA) is 85.4 Å². The number of hydrogen-bond acceptors (Lipinski definition) is 3. The maximum atomic E-state index is 10.9. The van der Waals surface area contributed by atoms with Crippen LogP contribution in [0.5, 0.6) is 0 Å². The summed E-state index contributed by atoms with van der Waals surface area (Å²) < 4.78 is 1.77. The van der Waals surface area contributed by atoms with Gasteiger partial charge in [0.2, 0.25) is 0 Å². The average Bonchev–Trinajstić information content (AvgIpc) is 2.89. The molecule has 0 saturated heterocycles. The molecule has 1 aromatic carbocycles. The molecule has 0 aliphatic heterocycles. The van der Waals surface area contributed by atoms with Crippen molar-refractivity contribution < 1.29 is 14.8 Å². The molecular formula is C13H12N2O4. The molecule has 0 unspecified atom stereocenters. The molecule has 0 radical (unpaired) electrons. The van der Waals surface area contributed by atoms with Crippen molar-refractivity contribution in [3.05, 3.63) is 64.5 Å². The summed E-state index contributed by atoms with van der Waals surface area (Å²) in [7, 11) is 0. The van der Waals surface area contributed by atoms with Crippen molar-refractivity contribution >= 4 is 11.7 Å². The predicted molar refractivity (Wildman–Crippen MR) is 67.9 cm³/mol. The van der Waals surface area contributed by atoms with Gasteiger partial charge in [-0.2, -0.15) is 0 Å². The molecule has 98 valence electrons. The van der Waals surface area contributed by atoms with Crippen LogP contribution in [0.2, 0.25) is 0 Å². The number of nitro benzene ring substituents is 1. The second-order valence-electron chi connectivity index (χ2n) is 4.09. The number of hydrogen-bond donors (Lipinski definition) is 1. The molecule has 0 fully saturated rings. The van der Waals surface area contributed by atoms with Crippen LogP contribution in [0.3, 0.4) is 0 Å². The van der Waals surface area contributed by atoms with Crippen molar-refractivity contribution in [1.82, 2.24) is 4.57 Å². The second kappa shape index (κ2) is 5.34. The summed E-state index contributed by atoms with van der Waals surface area (Å²) in [6.45, 7) is 0. The molecule has 6 heteroatoms. The zero-order valence-corrected chi connectivity index (χ0v) is 9.97. The summed E-state index contributed by atoms with van der Waals surface area (Å²) in [6.07, 6.45) is 3.47. The molecule has 6 nitrogen and oxygen atoms in total. The molecule has 0 aliphatic rings. The number of aliphatic carboxylic acids is 1. The molecule has 1 aromatic heterocycles. The van der Waals surface area contributed by atoms with Gasteiger partial charge in [0.1, 0.15) is 0 Å². The van der Waals surface area contributed by atoms with E-state index in [0.29, 0.717) is 0 Å². The first-order chi connectivity index (χ1) is 9.08. The van der Waals surface area contributed by atoms with Crippen molar-refractivity contribution in [1.29, 1.82) is 0 Å². The Hall–Kier alpha value is -2.63. The smallest absolute Gasteiger partial charge is 0.305 e. The van der Waals surface area contributed by atoms with Gasteiger partial charge in [-0.05, 0) is 17.7 Å². The number of nitro groups is 1. The van der Waals surface area contributed by atoms with E-state index in [9.17, 15) is 14.9 Å². The molecule has 0 amide bonds. The van der Waals surface area contributed by atoms with Crippen molar-refractivity contribution in [3.63, 3.8) is 0 Å².